The SMILES string of the molecule is CC(=N)/C=C\C(N)=O. The summed E-state index contributed by atoms with van der Waals surface area (Å²) >= 11 is 0. The molecule has 0 aromatic rings. The zero-order valence-corrected chi connectivity index (χ0v) is 4.64. The maximum Gasteiger partial charge on any atom is 0.241 e. The number of nitrogens with one attached hydrogen (secondary N) is 1. The molecule has 0 heterocycles. The molecule has 0 fully saturated rings. The monoisotopic (exact) mass is 112 g/mol. The number of hydrogen-bond donors (Lipinski definition) is 2. The Kier molecular flexibility index (Phi) is 2.54. The molecule has 0 bridgehead atoms. The third-order valence-corrected chi connectivity index (χ3v) is 0.498. The lowest BCUT2D eigenvalue weighted by atomic mass is 10.4. The van der Waals surface area contributed by atoms with Crippen molar-refractivity contribution in [3.05, 3.63) is 12.2 Å². The van der Waals surface area contributed by atoms with Crippen LogP contribution in [0.15, 0.2) is 12.2 Å². The van der Waals surface area contributed by atoms with Crippen LogP contribution in [0.1, 0.15) is 6.92 Å². The van der Waals surface area contributed by atoms with E-state index in [0.29, 0.717) is 5.71 Å². The number of allylic oxidation sites excluding steroid dienone is 1. The van der Waals surface area contributed by atoms with Crippen molar-refractivity contribution in [2.24, 2.45) is 5.73 Å². The second kappa shape index (κ2) is 2.96. The van der Waals surface area contributed by atoms with Crippen LogP contribution in [-0.4, -0.2) is 11.6 Å². The molecular formula is C5H8N2O. The van der Waals surface area contributed by atoms with Crippen LogP contribution in [0.4, 0.5) is 0 Å². The Morgan fingerprint density at radius 3 is 2.25 bits per heavy atom. The lowest BCUT2D eigenvalue weighted by Crippen LogP contribution is -2.05. The highest BCUT2D eigenvalue weighted by Crippen LogP contribution is 1.72. The normalized spacial score (nSPS) is 9.62. The van der Waals surface area contributed by atoms with Crippen LogP contribution in [-0.2, 0) is 4.79 Å². The van der Waals surface area contributed by atoms with Gasteiger partial charge in [-0.2, -0.15) is 0 Å². The molecule has 0 aliphatic carbocycles. The minimum absolute atomic E-state index is 0.323. The Hall–Kier alpha value is -1.12. The van der Waals surface area contributed by atoms with Gasteiger partial charge >= 0.3 is 0 Å². The van der Waals surface area contributed by atoms with Gasteiger partial charge in [0, 0.05) is 11.8 Å². The molecule has 3 N–H and O–H groups in total. The van der Waals surface area contributed by atoms with Crippen molar-refractivity contribution in [1.29, 1.82) is 5.41 Å². The van der Waals surface area contributed by atoms with Crippen LogP contribution >= 0.6 is 0 Å². The lowest BCUT2D eigenvalue weighted by Gasteiger charge is -1.78. The maximum absolute atomic E-state index is 9.94. The smallest absolute Gasteiger partial charge is 0.241 e. The number of nitrogens with two attached hydrogens (primary N) is 1. The Bertz CT molecular complexity index is 121. The average molecular weight is 112 g/mol. The first kappa shape index (κ1) is 6.88. The number of carbonyl (C=O) groups is 1. The highest BCUT2D eigenvalue weighted by molar-refractivity contribution is 5.97. The summed E-state index contributed by atoms with van der Waals surface area (Å²) in [6.45, 7) is 1.57. The quantitative estimate of drug-likeness (QED) is 0.385. The van der Waals surface area contributed by atoms with Crippen molar-refractivity contribution in [2.75, 3.05) is 0 Å². The molecule has 44 valence electrons. The topological polar surface area (TPSA) is 66.9 Å². The van der Waals surface area contributed by atoms with E-state index in [9.17, 15) is 4.79 Å². The fourth-order valence-electron chi connectivity index (χ4n) is 0.207. The largest absolute Gasteiger partial charge is 0.366 e. The summed E-state index contributed by atoms with van der Waals surface area (Å²) in [6, 6.07) is 0. The summed E-state index contributed by atoms with van der Waals surface area (Å²) in [5.74, 6) is -0.517. The second-order valence-corrected chi connectivity index (χ2v) is 1.42. The molecule has 0 saturated carbocycles. The van der Waals surface area contributed by atoms with Crippen molar-refractivity contribution in [1.82, 2.24) is 0 Å². The van der Waals surface area contributed by atoms with Crippen LogP contribution in [0.2, 0.25) is 0 Å². The van der Waals surface area contributed by atoms with E-state index in [1.165, 1.54) is 6.08 Å². The number of primary amides is 1. The number of amides is 1. The molecule has 0 radical (unpaired) electrons. The molecule has 0 aromatic carbocycles. The van der Waals surface area contributed by atoms with Crippen LogP contribution in [0, 0.1) is 5.41 Å². The van der Waals surface area contributed by atoms with E-state index in [2.05, 4.69) is 0 Å². The first-order valence-electron chi connectivity index (χ1n) is 2.15. The standard InChI is InChI=1S/C5H8N2O/c1-4(6)2-3-5(7)8/h2-3,6H,1H3,(H2,7,8)/b3-2-,6-4?. The molecule has 0 aliphatic heterocycles. The van der Waals surface area contributed by atoms with Gasteiger partial charge in [0.25, 0.3) is 0 Å². The fraction of sp³-hybridized carbons (Fsp3) is 0.200. The third-order valence-electron chi connectivity index (χ3n) is 0.498. The molecule has 1 amide bonds. The number of rotatable bonds is 2. The molecule has 0 aromatic heterocycles. The first-order chi connectivity index (χ1) is 3.63. The predicted octanol–water partition coefficient (Wildman–Crippen LogP) is 0.0676. The van der Waals surface area contributed by atoms with Gasteiger partial charge in [-0.3, -0.25) is 4.79 Å². The average Bonchev–Trinajstić information content (AvgIpc) is 1.61. The van der Waals surface area contributed by atoms with Crippen LogP contribution in [0.3, 0.4) is 0 Å². The Labute approximate surface area is 47.7 Å². The maximum atomic E-state index is 9.94. The van der Waals surface area contributed by atoms with Crippen LogP contribution in [0.25, 0.3) is 0 Å². The minimum Gasteiger partial charge on any atom is -0.366 e. The van der Waals surface area contributed by atoms with E-state index < -0.39 is 5.91 Å². The highest BCUT2D eigenvalue weighted by atomic mass is 16.1. The van der Waals surface area contributed by atoms with Crippen molar-refractivity contribution in [3.8, 4) is 0 Å². The molecule has 0 spiro atoms. The van der Waals surface area contributed by atoms with E-state index in [-0.39, 0.29) is 0 Å². The van der Waals surface area contributed by atoms with Gasteiger partial charge in [0.2, 0.25) is 5.91 Å². The van der Waals surface area contributed by atoms with Crippen molar-refractivity contribution < 1.29 is 4.79 Å². The van der Waals surface area contributed by atoms with Crippen LogP contribution < -0.4 is 5.73 Å². The molecule has 0 rings (SSSR count). The molecule has 8 heavy (non-hydrogen) atoms. The van der Waals surface area contributed by atoms with E-state index in [0.717, 1.165) is 6.08 Å². The number of hydrogen-bond acceptors (Lipinski definition) is 2. The van der Waals surface area contributed by atoms with E-state index in [1.54, 1.807) is 6.92 Å². The van der Waals surface area contributed by atoms with Gasteiger partial charge in [-0.05, 0) is 13.0 Å². The van der Waals surface area contributed by atoms with Crippen LogP contribution in [0.5, 0.6) is 0 Å². The van der Waals surface area contributed by atoms with Gasteiger partial charge in [0.1, 0.15) is 0 Å². The zero-order valence-electron chi connectivity index (χ0n) is 4.64. The van der Waals surface area contributed by atoms with Gasteiger partial charge in [0.15, 0.2) is 0 Å². The molecule has 0 aliphatic rings. The number of carbonyl (C=O) groups excluding carboxylic acids is 1. The predicted molar refractivity (Wildman–Crippen MR) is 31.7 cm³/mol. The Morgan fingerprint density at radius 1 is 1.62 bits per heavy atom. The van der Waals surface area contributed by atoms with Crippen molar-refractivity contribution in [2.45, 2.75) is 6.92 Å². The summed E-state index contributed by atoms with van der Waals surface area (Å²) in [4.78, 5) is 9.94. The molecule has 0 saturated heterocycles. The van der Waals surface area contributed by atoms with Crippen molar-refractivity contribution in [3.63, 3.8) is 0 Å². The fourth-order valence-corrected chi connectivity index (χ4v) is 0.207. The van der Waals surface area contributed by atoms with Gasteiger partial charge in [-0.1, -0.05) is 0 Å². The van der Waals surface area contributed by atoms with Crippen molar-refractivity contribution >= 4 is 11.6 Å². The Morgan fingerprint density at radius 2 is 2.12 bits per heavy atom. The summed E-state index contributed by atoms with van der Waals surface area (Å²) in [6.07, 6.45) is 2.50. The summed E-state index contributed by atoms with van der Waals surface area (Å²) in [7, 11) is 0. The first-order valence-corrected chi connectivity index (χ1v) is 2.15. The zero-order chi connectivity index (χ0) is 6.57. The summed E-state index contributed by atoms with van der Waals surface area (Å²) < 4.78 is 0. The lowest BCUT2D eigenvalue weighted by molar-refractivity contribution is -0.113. The van der Waals surface area contributed by atoms with Gasteiger partial charge in [-0.25, -0.2) is 0 Å². The summed E-state index contributed by atoms with van der Waals surface area (Å²) in [5, 5.41) is 6.79. The molecule has 0 unspecified atom stereocenters. The van der Waals surface area contributed by atoms with E-state index in [1.807, 2.05) is 0 Å². The molecule has 3 heteroatoms. The van der Waals surface area contributed by atoms with E-state index >= 15 is 0 Å². The second-order valence-electron chi connectivity index (χ2n) is 1.42. The molecule has 0 atom stereocenters. The summed E-state index contributed by atoms with van der Waals surface area (Å²) in [5.41, 5.74) is 5.04. The minimum atomic E-state index is -0.517. The van der Waals surface area contributed by atoms with Gasteiger partial charge < -0.3 is 11.1 Å². The van der Waals surface area contributed by atoms with E-state index in [4.69, 9.17) is 11.1 Å². The molecule has 3 nitrogen and oxygen atoms in total. The van der Waals surface area contributed by atoms with Gasteiger partial charge in [-0.15, -0.1) is 0 Å². The van der Waals surface area contributed by atoms with Gasteiger partial charge in [0.05, 0.1) is 0 Å². The third kappa shape index (κ3) is 4.88. The Balaban J connectivity index is 3.67. The highest BCUT2D eigenvalue weighted by Gasteiger charge is 1.80. The molecular weight excluding hydrogens is 104 g/mol.